The van der Waals surface area contributed by atoms with E-state index in [-0.39, 0.29) is 11.3 Å². The van der Waals surface area contributed by atoms with E-state index in [1.165, 1.54) is 23.7 Å². The average molecular weight is 374 g/mol. The Bertz CT molecular complexity index is 749. The summed E-state index contributed by atoms with van der Waals surface area (Å²) >= 11 is 1.32. The molecule has 0 saturated carbocycles. The molecule has 0 radical (unpaired) electrons. The molecule has 1 aliphatic rings. The molecule has 1 aromatic carbocycles. The molecule has 1 saturated heterocycles. The molecule has 2 aromatic rings. The topological polar surface area (TPSA) is 59.2 Å². The molecule has 26 heavy (non-hydrogen) atoms. The van der Waals surface area contributed by atoms with Crippen molar-refractivity contribution in [3.05, 3.63) is 29.8 Å². The summed E-state index contributed by atoms with van der Waals surface area (Å²) in [6, 6.07) is 8.52. The monoisotopic (exact) mass is 373 g/mol. The van der Waals surface area contributed by atoms with Crippen LogP contribution in [0, 0.1) is 0 Å². The van der Waals surface area contributed by atoms with Crippen LogP contribution in [0.3, 0.4) is 0 Å². The summed E-state index contributed by atoms with van der Waals surface area (Å²) < 4.78 is 5.73. The minimum absolute atomic E-state index is 0.111. The number of piperidine rings is 1. The Hall–Kier alpha value is -1.82. The Morgan fingerprint density at radius 2 is 1.96 bits per heavy atom. The molecule has 1 amide bonds. The number of rotatable bonds is 4. The molecular weight excluding hydrogens is 346 g/mol. The fourth-order valence-electron chi connectivity index (χ4n) is 3.17. The van der Waals surface area contributed by atoms with Crippen LogP contribution in [0.5, 0.6) is 0 Å². The Kier molecular flexibility index (Phi) is 5.70. The number of thioether (sulfide) groups is 1. The Morgan fingerprint density at radius 1 is 1.23 bits per heavy atom. The second-order valence-corrected chi connectivity index (χ2v) is 8.85. The number of aromatic nitrogens is 2. The molecule has 0 aliphatic carbocycles. The summed E-state index contributed by atoms with van der Waals surface area (Å²) in [7, 11) is 0. The SMILES string of the molecule is CC1CCCCN1C(=O)CSc1nnc(-c2ccc(C(C)(C)C)cc2)o1. The van der Waals surface area contributed by atoms with E-state index in [0.717, 1.165) is 24.9 Å². The van der Waals surface area contributed by atoms with Gasteiger partial charge in [-0.1, -0.05) is 44.7 Å². The van der Waals surface area contributed by atoms with Gasteiger partial charge in [-0.25, -0.2) is 0 Å². The van der Waals surface area contributed by atoms with E-state index in [4.69, 9.17) is 4.42 Å². The molecule has 0 N–H and O–H groups in total. The van der Waals surface area contributed by atoms with Gasteiger partial charge in [-0.05, 0) is 49.3 Å². The van der Waals surface area contributed by atoms with Crippen LogP contribution in [0.15, 0.2) is 33.9 Å². The lowest BCUT2D eigenvalue weighted by Crippen LogP contribution is -2.42. The predicted octanol–water partition coefficient (Wildman–Crippen LogP) is 4.53. The van der Waals surface area contributed by atoms with Gasteiger partial charge in [0.25, 0.3) is 5.22 Å². The van der Waals surface area contributed by atoms with Crippen LogP contribution in [0.4, 0.5) is 0 Å². The van der Waals surface area contributed by atoms with Gasteiger partial charge in [-0.15, -0.1) is 10.2 Å². The number of likely N-dealkylation sites (tertiary alicyclic amines) is 1. The van der Waals surface area contributed by atoms with Crippen LogP contribution in [0.2, 0.25) is 0 Å². The second kappa shape index (κ2) is 7.82. The van der Waals surface area contributed by atoms with Crippen molar-refractivity contribution < 1.29 is 9.21 Å². The fourth-order valence-corrected chi connectivity index (χ4v) is 3.82. The quantitative estimate of drug-likeness (QED) is 0.737. The highest BCUT2D eigenvalue weighted by Gasteiger charge is 2.23. The third-order valence-electron chi connectivity index (χ3n) is 4.85. The van der Waals surface area contributed by atoms with Crippen molar-refractivity contribution in [2.24, 2.45) is 0 Å². The van der Waals surface area contributed by atoms with E-state index in [0.29, 0.717) is 22.9 Å². The zero-order chi connectivity index (χ0) is 18.7. The first kappa shape index (κ1) is 19.0. The van der Waals surface area contributed by atoms with Crippen molar-refractivity contribution in [3.63, 3.8) is 0 Å². The van der Waals surface area contributed by atoms with Crippen molar-refractivity contribution in [2.45, 2.75) is 63.6 Å². The van der Waals surface area contributed by atoms with Gasteiger partial charge in [-0.3, -0.25) is 4.79 Å². The molecule has 5 nitrogen and oxygen atoms in total. The smallest absolute Gasteiger partial charge is 0.277 e. The summed E-state index contributed by atoms with van der Waals surface area (Å²) in [5.74, 6) is 0.984. The van der Waals surface area contributed by atoms with Gasteiger partial charge >= 0.3 is 0 Å². The summed E-state index contributed by atoms with van der Waals surface area (Å²) in [5, 5.41) is 8.64. The van der Waals surface area contributed by atoms with Crippen LogP contribution >= 0.6 is 11.8 Å². The largest absolute Gasteiger partial charge is 0.411 e. The second-order valence-electron chi connectivity index (χ2n) is 7.92. The Balaban J connectivity index is 1.60. The molecule has 3 rings (SSSR count). The van der Waals surface area contributed by atoms with E-state index in [1.807, 2.05) is 17.0 Å². The van der Waals surface area contributed by atoms with E-state index in [1.54, 1.807) is 0 Å². The average Bonchev–Trinajstić information content (AvgIpc) is 3.08. The summed E-state index contributed by atoms with van der Waals surface area (Å²) in [4.78, 5) is 14.4. The molecule has 140 valence electrons. The lowest BCUT2D eigenvalue weighted by Gasteiger charge is -2.33. The molecule has 1 aromatic heterocycles. The predicted molar refractivity (Wildman–Crippen MR) is 104 cm³/mol. The van der Waals surface area contributed by atoms with E-state index < -0.39 is 0 Å². The van der Waals surface area contributed by atoms with Gasteiger partial charge in [0.2, 0.25) is 11.8 Å². The van der Waals surface area contributed by atoms with Gasteiger partial charge in [0.1, 0.15) is 0 Å². The van der Waals surface area contributed by atoms with Gasteiger partial charge in [0.05, 0.1) is 5.75 Å². The number of amides is 1. The molecule has 1 fully saturated rings. The van der Waals surface area contributed by atoms with Gasteiger partial charge in [-0.2, -0.15) is 0 Å². The maximum atomic E-state index is 12.4. The standard InChI is InChI=1S/C20H27N3O2S/c1-14-7-5-6-12-23(14)17(24)13-26-19-22-21-18(25-19)15-8-10-16(11-9-15)20(2,3)4/h8-11,14H,5-7,12-13H2,1-4H3. The summed E-state index contributed by atoms with van der Waals surface area (Å²) in [5.41, 5.74) is 2.27. The van der Waals surface area contributed by atoms with Crippen LogP contribution in [0.25, 0.3) is 11.5 Å². The molecular formula is C20H27N3O2S. The van der Waals surface area contributed by atoms with Gasteiger partial charge in [0, 0.05) is 18.2 Å². The van der Waals surface area contributed by atoms with Crippen LogP contribution in [0.1, 0.15) is 52.5 Å². The number of hydrogen-bond acceptors (Lipinski definition) is 5. The number of carbonyl (C=O) groups is 1. The molecule has 0 spiro atoms. The van der Waals surface area contributed by atoms with E-state index in [9.17, 15) is 4.79 Å². The van der Waals surface area contributed by atoms with Crippen LogP contribution in [-0.2, 0) is 10.2 Å². The number of nitrogens with zero attached hydrogens (tertiary/aromatic N) is 3. The third kappa shape index (κ3) is 4.47. The third-order valence-corrected chi connectivity index (χ3v) is 5.65. The zero-order valence-electron chi connectivity index (χ0n) is 16.0. The first-order valence-corrected chi connectivity index (χ1v) is 10.2. The maximum Gasteiger partial charge on any atom is 0.277 e. The number of benzene rings is 1. The van der Waals surface area contributed by atoms with Crippen molar-refractivity contribution >= 4 is 17.7 Å². The fraction of sp³-hybridized carbons (Fsp3) is 0.550. The lowest BCUT2D eigenvalue weighted by molar-refractivity contribution is -0.131. The van der Waals surface area contributed by atoms with Gasteiger partial charge in [0.15, 0.2) is 0 Å². The number of carbonyl (C=O) groups excluding carboxylic acids is 1. The molecule has 6 heteroatoms. The maximum absolute atomic E-state index is 12.4. The lowest BCUT2D eigenvalue weighted by atomic mass is 9.87. The zero-order valence-corrected chi connectivity index (χ0v) is 16.8. The summed E-state index contributed by atoms with van der Waals surface area (Å²) in [6.07, 6.45) is 3.39. The highest BCUT2D eigenvalue weighted by atomic mass is 32.2. The molecule has 1 aliphatic heterocycles. The first-order valence-electron chi connectivity index (χ1n) is 9.21. The number of hydrogen-bond donors (Lipinski definition) is 0. The molecule has 2 heterocycles. The van der Waals surface area contributed by atoms with E-state index in [2.05, 4.69) is 50.0 Å². The van der Waals surface area contributed by atoms with Crippen LogP contribution in [-0.4, -0.2) is 39.3 Å². The van der Waals surface area contributed by atoms with Crippen molar-refractivity contribution in [1.82, 2.24) is 15.1 Å². The van der Waals surface area contributed by atoms with Gasteiger partial charge < -0.3 is 9.32 Å². The van der Waals surface area contributed by atoms with Crippen molar-refractivity contribution in [2.75, 3.05) is 12.3 Å². The normalized spacial score (nSPS) is 18.2. The van der Waals surface area contributed by atoms with E-state index >= 15 is 0 Å². The summed E-state index contributed by atoms with van der Waals surface area (Å²) in [6.45, 7) is 9.53. The van der Waals surface area contributed by atoms with Crippen molar-refractivity contribution in [3.8, 4) is 11.5 Å². The molecule has 1 unspecified atom stereocenters. The molecule has 1 atom stereocenters. The Morgan fingerprint density at radius 3 is 2.62 bits per heavy atom. The van der Waals surface area contributed by atoms with Crippen molar-refractivity contribution in [1.29, 1.82) is 0 Å². The minimum Gasteiger partial charge on any atom is -0.411 e. The highest BCUT2D eigenvalue weighted by Crippen LogP contribution is 2.27. The highest BCUT2D eigenvalue weighted by molar-refractivity contribution is 7.99. The molecule has 0 bridgehead atoms. The minimum atomic E-state index is 0.111. The van der Waals surface area contributed by atoms with Crippen LogP contribution < -0.4 is 0 Å². The first-order chi connectivity index (χ1) is 12.3. The Labute approximate surface area is 159 Å².